The van der Waals surface area contributed by atoms with E-state index in [1.54, 1.807) is 18.2 Å². The van der Waals surface area contributed by atoms with Gasteiger partial charge in [-0.25, -0.2) is 0 Å². The van der Waals surface area contributed by atoms with Crippen molar-refractivity contribution in [3.8, 4) is 16.9 Å². The molecular formula is C25H25NO4. The first-order valence-corrected chi connectivity index (χ1v) is 9.94. The molecule has 154 valence electrons. The minimum atomic E-state index is -0.891. The average Bonchev–Trinajstić information content (AvgIpc) is 2.78. The number of nitrogens with zero attached hydrogens (tertiary/aromatic N) is 1. The zero-order chi connectivity index (χ0) is 21.2. The zero-order valence-electron chi connectivity index (χ0n) is 17.0. The van der Waals surface area contributed by atoms with Crippen molar-refractivity contribution in [2.45, 2.75) is 19.8 Å². The summed E-state index contributed by atoms with van der Waals surface area (Å²) in [5.74, 6) is -0.336. The second-order valence-corrected chi connectivity index (χ2v) is 6.69. The first-order valence-electron chi connectivity index (χ1n) is 9.94. The van der Waals surface area contributed by atoms with Gasteiger partial charge in [-0.2, -0.15) is 0 Å². The molecule has 0 aliphatic heterocycles. The lowest BCUT2D eigenvalue weighted by Gasteiger charge is -2.10. The number of ether oxygens (including phenoxy) is 1. The van der Waals surface area contributed by atoms with E-state index < -0.39 is 5.97 Å². The van der Waals surface area contributed by atoms with Crippen molar-refractivity contribution >= 4 is 11.7 Å². The Morgan fingerprint density at radius 3 is 2.23 bits per heavy atom. The maximum absolute atomic E-state index is 10.9. The van der Waals surface area contributed by atoms with Crippen LogP contribution in [0.4, 0.5) is 0 Å². The normalized spacial score (nSPS) is 11.2. The van der Waals surface area contributed by atoms with Crippen molar-refractivity contribution in [1.29, 1.82) is 0 Å². The highest BCUT2D eigenvalue weighted by molar-refractivity contribution is 6.00. The Hall–Kier alpha value is -3.60. The molecule has 0 aliphatic rings. The standard InChI is InChI=1S/C25H25NO4/c1-2-23(21-14-12-20(13-15-21)19-8-4-3-5-9-19)26-30-17-16-29-24-11-7-6-10-22(24)18-25(27)28/h3-15H,2,16-18H2,1H3,(H,27,28)/b26-23+. The molecule has 5 heteroatoms. The van der Waals surface area contributed by atoms with Crippen molar-refractivity contribution in [3.05, 3.63) is 90.0 Å². The largest absolute Gasteiger partial charge is 0.490 e. The van der Waals surface area contributed by atoms with Gasteiger partial charge in [0.2, 0.25) is 0 Å². The van der Waals surface area contributed by atoms with Crippen molar-refractivity contribution < 1.29 is 19.5 Å². The Labute approximate surface area is 176 Å². The molecule has 0 aliphatic carbocycles. The van der Waals surface area contributed by atoms with E-state index in [9.17, 15) is 4.79 Å². The van der Waals surface area contributed by atoms with Crippen LogP contribution in [-0.2, 0) is 16.1 Å². The molecule has 1 N–H and O–H groups in total. The van der Waals surface area contributed by atoms with Crippen LogP contribution in [0.5, 0.6) is 5.75 Å². The number of hydrogen-bond donors (Lipinski definition) is 1. The molecule has 0 saturated carbocycles. The number of benzene rings is 3. The summed E-state index contributed by atoms with van der Waals surface area (Å²) in [6.45, 7) is 2.59. The van der Waals surface area contributed by atoms with Crippen LogP contribution in [0.3, 0.4) is 0 Å². The van der Waals surface area contributed by atoms with Crippen LogP contribution in [0.25, 0.3) is 11.1 Å². The highest BCUT2D eigenvalue weighted by Gasteiger charge is 2.07. The molecule has 3 aromatic carbocycles. The van der Waals surface area contributed by atoms with E-state index >= 15 is 0 Å². The molecule has 0 aromatic heterocycles. The molecule has 0 spiro atoms. The molecule has 0 unspecified atom stereocenters. The molecule has 5 nitrogen and oxygen atoms in total. The zero-order valence-corrected chi connectivity index (χ0v) is 17.0. The number of para-hydroxylation sites is 1. The van der Waals surface area contributed by atoms with Gasteiger partial charge in [0.1, 0.15) is 12.4 Å². The molecule has 0 heterocycles. The van der Waals surface area contributed by atoms with Gasteiger partial charge in [0.25, 0.3) is 0 Å². The van der Waals surface area contributed by atoms with Gasteiger partial charge in [-0.3, -0.25) is 4.79 Å². The Balaban J connectivity index is 1.54. The third kappa shape index (κ3) is 5.95. The van der Waals surface area contributed by atoms with Gasteiger partial charge in [0.15, 0.2) is 6.61 Å². The summed E-state index contributed by atoms with van der Waals surface area (Å²) < 4.78 is 5.67. The van der Waals surface area contributed by atoms with Crippen LogP contribution in [0, 0.1) is 0 Å². The quantitative estimate of drug-likeness (QED) is 0.287. The smallest absolute Gasteiger partial charge is 0.307 e. The van der Waals surface area contributed by atoms with E-state index in [2.05, 4.69) is 29.4 Å². The van der Waals surface area contributed by atoms with Crippen LogP contribution >= 0.6 is 0 Å². The molecule has 30 heavy (non-hydrogen) atoms. The van der Waals surface area contributed by atoms with Crippen LogP contribution < -0.4 is 4.74 Å². The highest BCUT2D eigenvalue weighted by Crippen LogP contribution is 2.20. The summed E-state index contributed by atoms with van der Waals surface area (Å²) in [4.78, 5) is 16.4. The number of carboxylic acid groups (broad SMARTS) is 1. The highest BCUT2D eigenvalue weighted by atomic mass is 16.6. The number of carbonyl (C=O) groups is 1. The monoisotopic (exact) mass is 403 g/mol. The maximum Gasteiger partial charge on any atom is 0.307 e. The Kier molecular flexibility index (Phi) is 7.61. The molecule has 3 aromatic rings. The van der Waals surface area contributed by atoms with Gasteiger partial charge in [0, 0.05) is 5.56 Å². The minimum absolute atomic E-state index is 0.0753. The third-order valence-electron chi connectivity index (χ3n) is 4.58. The van der Waals surface area contributed by atoms with Crippen molar-refractivity contribution in [2.24, 2.45) is 5.16 Å². The van der Waals surface area contributed by atoms with E-state index in [4.69, 9.17) is 14.7 Å². The number of aliphatic carboxylic acids is 1. The van der Waals surface area contributed by atoms with E-state index in [0.29, 0.717) is 11.3 Å². The Bertz CT molecular complexity index is 982. The van der Waals surface area contributed by atoms with Crippen LogP contribution in [-0.4, -0.2) is 30.0 Å². The summed E-state index contributed by atoms with van der Waals surface area (Å²) in [6, 6.07) is 25.6. The Morgan fingerprint density at radius 1 is 0.867 bits per heavy atom. The number of carboxylic acids is 1. The van der Waals surface area contributed by atoms with Gasteiger partial charge in [-0.1, -0.05) is 84.9 Å². The minimum Gasteiger partial charge on any atom is -0.490 e. The molecule has 0 amide bonds. The van der Waals surface area contributed by atoms with E-state index in [1.807, 2.05) is 43.3 Å². The van der Waals surface area contributed by atoms with Crippen LogP contribution in [0.15, 0.2) is 84.0 Å². The lowest BCUT2D eigenvalue weighted by atomic mass is 10.0. The lowest BCUT2D eigenvalue weighted by molar-refractivity contribution is -0.136. The predicted octanol–water partition coefficient (Wildman–Crippen LogP) is 5.19. The average molecular weight is 403 g/mol. The fourth-order valence-electron chi connectivity index (χ4n) is 3.07. The topological polar surface area (TPSA) is 68.1 Å². The molecule has 0 radical (unpaired) electrons. The molecule has 0 saturated heterocycles. The summed E-state index contributed by atoms with van der Waals surface area (Å²) in [7, 11) is 0. The summed E-state index contributed by atoms with van der Waals surface area (Å²) in [5.41, 5.74) is 4.85. The van der Waals surface area contributed by atoms with Crippen molar-refractivity contribution in [2.75, 3.05) is 13.2 Å². The van der Waals surface area contributed by atoms with Gasteiger partial charge in [0.05, 0.1) is 12.1 Å². The molecule has 0 bridgehead atoms. The second kappa shape index (κ2) is 10.8. The van der Waals surface area contributed by atoms with Crippen molar-refractivity contribution in [3.63, 3.8) is 0 Å². The summed E-state index contributed by atoms with van der Waals surface area (Å²) in [6.07, 6.45) is 0.668. The van der Waals surface area contributed by atoms with Gasteiger partial charge in [-0.15, -0.1) is 0 Å². The second-order valence-electron chi connectivity index (χ2n) is 6.69. The SMILES string of the molecule is CC/C(=N\OCCOc1ccccc1CC(=O)O)c1ccc(-c2ccccc2)cc1. The number of hydrogen-bond acceptors (Lipinski definition) is 4. The maximum atomic E-state index is 10.9. The first kappa shape index (κ1) is 21.1. The molecule has 3 rings (SSSR count). The Morgan fingerprint density at radius 2 is 1.53 bits per heavy atom. The fraction of sp³-hybridized carbons (Fsp3) is 0.200. The number of rotatable bonds is 10. The lowest BCUT2D eigenvalue weighted by Crippen LogP contribution is -2.09. The van der Waals surface area contributed by atoms with Gasteiger partial charge >= 0.3 is 5.97 Å². The molecule has 0 atom stereocenters. The van der Waals surface area contributed by atoms with Gasteiger partial charge in [-0.05, 0) is 29.2 Å². The van der Waals surface area contributed by atoms with E-state index in [0.717, 1.165) is 23.3 Å². The summed E-state index contributed by atoms with van der Waals surface area (Å²) in [5, 5.41) is 13.2. The van der Waals surface area contributed by atoms with E-state index in [-0.39, 0.29) is 19.6 Å². The van der Waals surface area contributed by atoms with Crippen LogP contribution in [0.1, 0.15) is 24.5 Å². The first-order chi connectivity index (χ1) is 14.7. The third-order valence-corrected chi connectivity index (χ3v) is 4.58. The van der Waals surface area contributed by atoms with E-state index in [1.165, 1.54) is 5.56 Å². The van der Waals surface area contributed by atoms with Crippen molar-refractivity contribution in [1.82, 2.24) is 0 Å². The molecule has 0 fully saturated rings. The fourth-order valence-corrected chi connectivity index (χ4v) is 3.07. The number of oxime groups is 1. The van der Waals surface area contributed by atoms with Gasteiger partial charge < -0.3 is 14.7 Å². The molecular weight excluding hydrogens is 378 g/mol. The summed E-state index contributed by atoms with van der Waals surface area (Å²) >= 11 is 0. The predicted molar refractivity (Wildman–Crippen MR) is 118 cm³/mol. The van der Waals surface area contributed by atoms with Crippen LogP contribution in [0.2, 0.25) is 0 Å².